The first-order chi connectivity index (χ1) is 4.16. The van der Waals surface area contributed by atoms with Gasteiger partial charge in [-0.05, 0) is 0 Å². The van der Waals surface area contributed by atoms with Crippen molar-refractivity contribution >= 4 is 6.09 Å². The van der Waals surface area contributed by atoms with E-state index in [0.29, 0.717) is 0 Å². The molecule has 0 rings (SSSR count). The molecule has 0 heterocycles. The van der Waals surface area contributed by atoms with Crippen LogP contribution in [0, 0.1) is 0 Å². The number of carbonyl (C=O) groups is 1. The Bertz CT molecular complexity index is 113. The first-order valence-corrected chi connectivity index (χ1v) is 2.44. The van der Waals surface area contributed by atoms with Crippen LogP contribution in [-0.2, 0) is 0 Å². The molecule has 4 heteroatoms. The van der Waals surface area contributed by atoms with E-state index in [2.05, 4.69) is 6.58 Å². The third-order valence-electron chi connectivity index (χ3n) is 0.735. The summed E-state index contributed by atoms with van der Waals surface area (Å²) in [5.74, 6) is 0. The van der Waals surface area contributed by atoms with Gasteiger partial charge in [-0.1, -0.05) is 6.08 Å². The molecule has 9 heavy (non-hydrogen) atoms. The Morgan fingerprint density at radius 3 is 2.78 bits per heavy atom. The number of amides is 1. The average Bonchev–Trinajstić information content (AvgIpc) is 1.83. The fourth-order valence-electron chi connectivity index (χ4n) is 0.275. The van der Waals surface area contributed by atoms with Gasteiger partial charge in [-0.2, -0.15) is 0 Å². The molecule has 0 aromatic carbocycles. The Balaban J connectivity index is 3.26. The number of hydrogen-bond donors (Lipinski definition) is 3. The van der Waals surface area contributed by atoms with E-state index in [1.54, 1.807) is 0 Å². The molecule has 0 aliphatic heterocycles. The Labute approximate surface area is 52.8 Å². The van der Waals surface area contributed by atoms with Gasteiger partial charge in [-0.15, -0.1) is 6.58 Å². The van der Waals surface area contributed by atoms with Gasteiger partial charge in [-0.3, -0.25) is 0 Å². The highest BCUT2D eigenvalue weighted by atomic mass is 16.4. The fraction of sp³-hybridized carbons (Fsp3) is 0.400. The molecule has 0 spiro atoms. The van der Waals surface area contributed by atoms with Crippen LogP contribution in [0.3, 0.4) is 0 Å². The summed E-state index contributed by atoms with van der Waals surface area (Å²) in [5.41, 5.74) is 0. The lowest BCUT2D eigenvalue weighted by Crippen LogP contribution is -2.29. The van der Waals surface area contributed by atoms with Crippen LogP contribution in [-0.4, -0.2) is 29.0 Å². The quantitative estimate of drug-likeness (QED) is 0.464. The second-order valence-corrected chi connectivity index (χ2v) is 1.49. The standard InChI is InChI=1S/C5H9NO3/c1-2-4(7)3-6-5(8)9/h2,4,6-7H,1,3H2,(H,8,9). The van der Waals surface area contributed by atoms with Crippen molar-refractivity contribution in [3.63, 3.8) is 0 Å². The number of carboxylic acid groups (broad SMARTS) is 1. The predicted octanol–water partition coefficient (Wildman–Crippen LogP) is -0.199. The van der Waals surface area contributed by atoms with E-state index in [4.69, 9.17) is 10.2 Å². The maximum Gasteiger partial charge on any atom is 0.404 e. The maximum atomic E-state index is 9.76. The molecule has 0 bridgehead atoms. The van der Waals surface area contributed by atoms with Crippen LogP contribution in [0.25, 0.3) is 0 Å². The third kappa shape index (κ3) is 4.83. The SMILES string of the molecule is C=CC(O)CNC(=O)O. The van der Waals surface area contributed by atoms with Crippen LogP contribution >= 0.6 is 0 Å². The van der Waals surface area contributed by atoms with Crippen molar-refractivity contribution in [1.82, 2.24) is 5.32 Å². The molecular formula is C5H9NO3. The first-order valence-electron chi connectivity index (χ1n) is 2.44. The molecule has 0 aromatic rings. The van der Waals surface area contributed by atoms with Crippen molar-refractivity contribution in [2.45, 2.75) is 6.10 Å². The first kappa shape index (κ1) is 7.97. The molecule has 1 unspecified atom stereocenters. The molecule has 0 aliphatic carbocycles. The summed E-state index contributed by atoms with van der Waals surface area (Å²) in [7, 11) is 0. The minimum atomic E-state index is -1.14. The zero-order chi connectivity index (χ0) is 7.28. The molecule has 0 aliphatic rings. The molecule has 4 nitrogen and oxygen atoms in total. The van der Waals surface area contributed by atoms with E-state index in [0.717, 1.165) is 0 Å². The molecule has 1 amide bonds. The number of rotatable bonds is 3. The van der Waals surface area contributed by atoms with E-state index in [1.807, 2.05) is 5.32 Å². The summed E-state index contributed by atoms with van der Waals surface area (Å²) >= 11 is 0. The smallest absolute Gasteiger partial charge is 0.404 e. The van der Waals surface area contributed by atoms with Gasteiger partial charge in [0.25, 0.3) is 0 Å². The van der Waals surface area contributed by atoms with Crippen LogP contribution in [0.5, 0.6) is 0 Å². The lowest BCUT2D eigenvalue weighted by Gasteiger charge is -2.02. The third-order valence-corrected chi connectivity index (χ3v) is 0.735. The summed E-state index contributed by atoms with van der Waals surface area (Å²) in [4.78, 5) is 9.76. The monoisotopic (exact) mass is 131 g/mol. The topological polar surface area (TPSA) is 69.6 Å². The fourth-order valence-corrected chi connectivity index (χ4v) is 0.275. The van der Waals surface area contributed by atoms with E-state index >= 15 is 0 Å². The Kier molecular flexibility index (Phi) is 3.46. The van der Waals surface area contributed by atoms with Crippen molar-refractivity contribution in [1.29, 1.82) is 0 Å². The van der Waals surface area contributed by atoms with Gasteiger partial charge in [0.15, 0.2) is 0 Å². The Morgan fingerprint density at radius 1 is 1.89 bits per heavy atom. The molecule has 3 N–H and O–H groups in total. The summed E-state index contributed by atoms with van der Waals surface area (Å²) in [6.45, 7) is 3.25. The van der Waals surface area contributed by atoms with Crippen molar-refractivity contribution in [3.8, 4) is 0 Å². The highest BCUT2D eigenvalue weighted by Crippen LogP contribution is 1.78. The average molecular weight is 131 g/mol. The van der Waals surface area contributed by atoms with Crippen molar-refractivity contribution in [3.05, 3.63) is 12.7 Å². The van der Waals surface area contributed by atoms with Crippen LogP contribution in [0.1, 0.15) is 0 Å². The van der Waals surface area contributed by atoms with Crippen molar-refractivity contribution in [2.24, 2.45) is 0 Å². The van der Waals surface area contributed by atoms with Gasteiger partial charge in [0.05, 0.1) is 12.6 Å². The van der Waals surface area contributed by atoms with Crippen LogP contribution in [0.15, 0.2) is 12.7 Å². The normalized spacial score (nSPS) is 12.1. The second kappa shape index (κ2) is 3.91. The Morgan fingerprint density at radius 2 is 2.44 bits per heavy atom. The van der Waals surface area contributed by atoms with E-state index in [1.165, 1.54) is 6.08 Å². The van der Waals surface area contributed by atoms with Crippen molar-refractivity contribution in [2.75, 3.05) is 6.54 Å². The molecule has 0 radical (unpaired) electrons. The number of nitrogens with one attached hydrogen (secondary N) is 1. The van der Waals surface area contributed by atoms with E-state index in [9.17, 15) is 4.79 Å². The lowest BCUT2D eigenvalue weighted by molar-refractivity contribution is 0.179. The number of aliphatic hydroxyl groups is 1. The molecule has 1 atom stereocenters. The van der Waals surface area contributed by atoms with Crippen LogP contribution in [0.4, 0.5) is 4.79 Å². The largest absolute Gasteiger partial charge is 0.465 e. The minimum Gasteiger partial charge on any atom is -0.465 e. The zero-order valence-corrected chi connectivity index (χ0v) is 4.87. The minimum absolute atomic E-state index is 0.00116. The summed E-state index contributed by atoms with van der Waals surface area (Å²) < 4.78 is 0. The molecule has 0 fully saturated rings. The predicted molar refractivity (Wildman–Crippen MR) is 32.2 cm³/mol. The number of hydrogen-bond acceptors (Lipinski definition) is 2. The Hall–Kier alpha value is -1.03. The molecule has 52 valence electrons. The second-order valence-electron chi connectivity index (χ2n) is 1.49. The van der Waals surface area contributed by atoms with Gasteiger partial charge >= 0.3 is 6.09 Å². The van der Waals surface area contributed by atoms with Gasteiger partial charge in [0, 0.05) is 0 Å². The molecule has 0 saturated carbocycles. The van der Waals surface area contributed by atoms with Gasteiger partial charge in [0.1, 0.15) is 0 Å². The zero-order valence-electron chi connectivity index (χ0n) is 4.87. The van der Waals surface area contributed by atoms with Crippen LogP contribution < -0.4 is 5.32 Å². The lowest BCUT2D eigenvalue weighted by atomic mass is 10.3. The van der Waals surface area contributed by atoms with Gasteiger partial charge < -0.3 is 15.5 Å². The highest BCUT2D eigenvalue weighted by molar-refractivity contribution is 5.64. The molecule has 0 aromatic heterocycles. The maximum absolute atomic E-state index is 9.76. The number of aliphatic hydroxyl groups excluding tert-OH is 1. The molecular weight excluding hydrogens is 122 g/mol. The van der Waals surface area contributed by atoms with E-state index in [-0.39, 0.29) is 6.54 Å². The summed E-state index contributed by atoms with van der Waals surface area (Å²) in [6, 6.07) is 0. The van der Waals surface area contributed by atoms with Gasteiger partial charge in [-0.25, -0.2) is 4.79 Å². The highest BCUT2D eigenvalue weighted by Gasteiger charge is 1.98. The van der Waals surface area contributed by atoms with Crippen molar-refractivity contribution < 1.29 is 15.0 Å². The summed E-state index contributed by atoms with van der Waals surface area (Å²) in [5, 5.41) is 18.7. The summed E-state index contributed by atoms with van der Waals surface area (Å²) in [6.07, 6.45) is -0.673. The molecule has 0 saturated heterocycles. The van der Waals surface area contributed by atoms with Gasteiger partial charge in [0.2, 0.25) is 0 Å². The van der Waals surface area contributed by atoms with Crippen LogP contribution in [0.2, 0.25) is 0 Å². The van der Waals surface area contributed by atoms with E-state index < -0.39 is 12.2 Å².